The molecule has 0 atom stereocenters. The maximum absolute atomic E-state index is 12.5. The second-order valence-electron chi connectivity index (χ2n) is 7.19. The molecule has 6 heteroatoms. The number of benzene rings is 2. The molecule has 6 nitrogen and oxygen atoms in total. The van der Waals surface area contributed by atoms with Crippen LogP contribution in [0, 0.1) is 13.8 Å². The number of likely N-dealkylation sites (N-methyl/N-ethyl adjacent to an activating group) is 1. The van der Waals surface area contributed by atoms with E-state index in [4.69, 9.17) is 4.74 Å². The molecule has 0 radical (unpaired) electrons. The first-order valence-electron chi connectivity index (χ1n) is 9.27. The third-order valence-electron chi connectivity index (χ3n) is 4.30. The van der Waals surface area contributed by atoms with Gasteiger partial charge in [-0.2, -0.15) is 0 Å². The van der Waals surface area contributed by atoms with E-state index in [0.717, 1.165) is 22.4 Å². The summed E-state index contributed by atoms with van der Waals surface area (Å²) in [7, 11) is 5.30. The molecule has 2 aromatic rings. The normalized spacial score (nSPS) is 10.6. The summed E-state index contributed by atoms with van der Waals surface area (Å²) in [4.78, 5) is 26.3. The Morgan fingerprint density at radius 3 is 2.36 bits per heavy atom. The van der Waals surface area contributed by atoms with Crippen molar-refractivity contribution in [2.75, 3.05) is 38.4 Å². The highest BCUT2D eigenvalue weighted by molar-refractivity contribution is 6.00. The van der Waals surface area contributed by atoms with Crippen LogP contribution in [-0.4, -0.2) is 44.5 Å². The number of anilines is 2. The van der Waals surface area contributed by atoms with Gasteiger partial charge in [0.25, 0.3) is 0 Å². The van der Waals surface area contributed by atoms with Gasteiger partial charge in [0.2, 0.25) is 11.8 Å². The zero-order chi connectivity index (χ0) is 20.7. The monoisotopic (exact) mass is 383 g/mol. The average molecular weight is 383 g/mol. The summed E-state index contributed by atoms with van der Waals surface area (Å²) in [6.07, 6.45) is 0.946. The van der Waals surface area contributed by atoms with Crippen LogP contribution in [0.3, 0.4) is 0 Å². The number of aryl methyl sites for hydroxylation is 3. The fourth-order valence-electron chi connectivity index (χ4n) is 2.84. The van der Waals surface area contributed by atoms with E-state index >= 15 is 0 Å². The molecule has 2 amide bonds. The third kappa shape index (κ3) is 6.39. The Labute approximate surface area is 166 Å². The fraction of sp³-hybridized carbons (Fsp3) is 0.364. The van der Waals surface area contributed by atoms with Crippen LogP contribution in [0.5, 0.6) is 5.75 Å². The zero-order valence-corrected chi connectivity index (χ0v) is 17.3. The van der Waals surface area contributed by atoms with Gasteiger partial charge in [0.15, 0.2) is 0 Å². The molecule has 0 saturated heterocycles. The lowest BCUT2D eigenvalue weighted by atomic mass is 10.1. The van der Waals surface area contributed by atoms with E-state index in [1.807, 2.05) is 64.3 Å². The molecule has 2 rings (SSSR count). The SMILES string of the molecule is COc1cc(CCC(=O)Nc2cc(C)ccc2NC(=O)CN(C)C)ccc1C. The topological polar surface area (TPSA) is 70.7 Å². The summed E-state index contributed by atoms with van der Waals surface area (Å²) in [5.41, 5.74) is 4.32. The molecule has 2 N–H and O–H groups in total. The highest BCUT2D eigenvalue weighted by Crippen LogP contribution is 2.24. The Morgan fingerprint density at radius 2 is 1.68 bits per heavy atom. The van der Waals surface area contributed by atoms with E-state index in [1.165, 1.54) is 0 Å². The van der Waals surface area contributed by atoms with E-state index in [9.17, 15) is 9.59 Å². The predicted molar refractivity (Wildman–Crippen MR) is 113 cm³/mol. The summed E-state index contributed by atoms with van der Waals surface area (Å²) in [5.74, 6) is 0.590. The molecule has 0 aliphatic rings. The molecular weight excluding hydrogens is 354 g/mol. The van der Waals surface area contributed by atoms with E-state index in [2.05, 4.69) is 10.6 Å². The molecule has 150 valence electrons. The van der Waals surface area contributed by atoms with E-state index in [0.29, 0.717) is 24.2 Å². The van der Waals surface area contributed by atoms with Gasteiger partial charge in [-0.1, -0.05) is 18.2 Å². The zero-order valence-electron chi connectivity index (χ0n) is 17.3. The molecule has 2 aromatic carbocycles. The Bertz CT molecular complexity index is 847. The van der Waals surface area contributed by atoms with Gasteiger partial charge >= 0.3 is 0 Å². The summed E-state index contributed by atoms with van der Waals surface area (Å²) < 4.78 is 5.34. The van der Waals surface area contributed by atoms with Crippen LogP contribution in [0.25, 0.3) is 0 Å². The van der Waals surface area contributed by atoms with Crippen LogP contribution >= 0.6 is 0 Å². The van der Waals surface area contributed by atoms with Crippen molar-refractivity contribution in [1.29, 1.82) is 0 Å². The van der Waals surface area contributed by atoms with Crippen molar-refractivity contribution in [2.24, 2.45) is 0 Å². The smallest absolute Gasteiger partial charge is 0.238 e. The fourth-order valence-corrected chi connectivity index (χ4v) is 2.84. The Kier molecular flexibility index (Phi) is 7.58. The van der Waals surface area contributed by atoms with Gasteiger partial charge < -0.3 is 20.3 Å². The van der Waals surface area contributed by atoms with Crippen molar-refractivity contribution >= 4 is 23.2 Å². The number of carbonyl (C=O) groups excluding carboxylic acids is 2. The molecule has 0 aliphatic heterocycles. The minimum Gasteiger partial charge on any atom is -0.496 e. The molecule has 0 aromatic heterocycles. The number of rotatable bonds is 8. The lowest BCUT2D eigenvalue weighted by Gasteiger charge is -2.15. The van der Waals surface area contributed by atoms with Crippen LogP contribution in [0.1, 0.15) is 23.1 Å². The highest BCUT2D eigenvalue weighted by Gasteiger charge is 2.11. The Balaban J connectivity index is 2.02. The summed E-state index contributed by atoms with van der Waals surface area (Å²) in [5, 5.41) is 5.78. The van der Waals surface area contributed by atoms with Gasteiger partial charge in [-0.25, -0.2) is 0 Å². The van der Waals surface area contributed by atoms with Crippen LogP contribution in [0.4, 0.5) is 11.4 Å². The second-order valence-corrected chi connectivity index (χ2v) is 7.19. The first kappa shape index (κ1) is 21.4. The van der Waals surface area contributed by atoms with E-state index < -0.39 is 0 Å². The number of hydrogen-bond acceptors (Lipinski definition) is 4. The summed E-state index contributed by atoms with van der Waals surface area (Å²) in [6.45, 7) is 4.20. The minimum atomic E-state index is -0.129. The number of ether oxygens (including phenoxy) is 1. The van der Waals surface area contributed by atoms with Gasteiger partial charge in [0.05, 0.1) is 25.0 Å². The molecule has 0 spiro atoms. The second kappa shape index (κ2) is 9.90. The molecule has 0 fully saturated rings. The number of hydrogen-bond donors (Lipinski definition) is 2. The molecule has 0 saturated carbocycles. The number of nitrogens with zero attached hydrogens (tertiary/aromatic N) is 1. The largest absolute Gasteiger partial charge is 0.496 e. The lowest BCUT2D eigenvalue weighted by molar-refractivity contribution is -0.117. The first-order valence-corrected chi connectivity index (χ1v) is 9.27. The van der Waals surface area contributed by atoms with Crippen LogP contribution in [0.15, 0.2) is 36.4 Å². The predicted octanol–water partition coefficient (Wildman–Crippen LogP) is 3.38. The minimum absolute atomic E-state index is 0.103. The summed E-state index contributed by atoms with van der Waals surface area (Å²) >= 11 is 0. The van der Waals surface area contributed by atoms with Crippen molar-refractivity contribution in [3.05, 3.63) is 53.1 Å². The first-order chi connectivity index (χ1) is 13.3. The third-order valence-corrected chi connectivity index (χ3v) is 4.30. The van der Waals surface area contributed by atoms with Crippen molar-refractivity contribution in [2.45, 2.75) is 26.7 Å². The maximum Gasteiger partial charge on any atom is 0.238 e. The van der Waals surface area contributed by atoms with Gasteiger partial charge in [0.1, 0.15) is 5.75 Å². The van der Waals surface area contributed by atoms with Crippen molar-refractivity contribution < 1.29 is 14.3 Å². The molecular formula is C22H29N3O3. The standard InChI is InChI=1S/C22H29N3O3/c1-15-6-10-18(23-22(27)14-25(3)4)19(12-15)24-21(26)11-9-17-8-7-16(2)20(13-17)28-5/h6-8,10,12-13H,9,11,14H2,1-5H3,(H,23,27)(H,24,26). The molecule has 0 bridgehead atoms. The van der Waals surface area contributed by atoms with Crippen molar-refractivity contribution in [3.8, 4) is 5.75 Å². The van der Waals surface area contributed by atoms with Gasteiger partial charge in [0, 0.05) is 6.42 Å². The van der Waals surface area contributed by atoms with Crippen molar-refractivity contribution in [1.82, 2.24) is 4.90 Å². The Hall–Kier alpha value is -2.86. The Morgan fingerprint density at radius 1 is 0.964 bits per heavy atom. The van der Waals surface area contributed by atoms with Gasteiger partial charge in [-0.05, 0) is 69.3 Å². The molecule has 0 heterocycles. The average Bonchev–Trinajstić information content (AvgIpc) is 2.62. The lowest BCUT2D eigenvalue weighted by Crippen LogP contribution is -2.27. The van der Waals surface area contributed by atoms with Gasteiger partial charge in [-0.15, -0.1) is 0 Å². The van der Waals surface area contributed by atoms with Crippen LogP contribution in [-0.2, 0) is 16.0 Å². The van der Waals surface area contributed by atoms with Crippen molar-refractivity contribution in [3.63, 3.8) is 0 Å². The molecule has 0 unspecified atom stereocenters. The van der Waals surface area contributed by atoms with Gasteiger partial charge in [-0.3, -0.25) is 9.59 Å². The highest BCUT2D eigenvalue weighted by atomic mass is 16.5. The number of nitrogens with one attached hydrogen (secondary N) is 2. The van der Waals surface area contributed by atoms with E-state index in [1.54, 1.807) is 12.0 Å². The van der Waals surface area contributed by atoms with Crippen LogP contribution in [0.2, 0.25) is 0 Å². The van der Waals surface area contributed by atoms with E-state index in [-0.39, 0.29) is 18.4 Å². The number of carbonyl (C=O) groups is 2. The number of amides is 2. The maximum atomic E-state index is 12.5. The quantitative estimate of drug-likeness (QED) is 0.733. The number of methoxy groups -OCH3 is 1. The molecule has 28 heavy (non-hydrogen) atoms. The van der Waals surface area contributed by atoms with Crippen LogP contribution < -0.4 is 15.4 Å². The molecule has 0 aliphatic carbocycles. The summed E-state index contributed by atoms with van der Waals surface area (Å²) in [6, 6.07) is 11.5.